The lowest BCUT2D eigenvalue weighted by Crippen LogP contribution is -2.25. The molecule has 4 heteroatoms. The number of hydrogen-bond donors (Lipinski definition) is 2. The predicted octanol–water partition coefficient (Wildman–Crippen LogP) is 3.40. The van der Waals surface area contributed by atoms with E-state index >= 15 is 0 Å². The van der Waals surface area contributed by atoms with E-state index in [1.165, 1.54) is 12.1 Å². The molecule has 2 aromatic rings. The minimum absolute atomic E-state index is 0.0917. The summed E-state index contributed by atoms with van der Waals surface area (Å²) in [4.78, 5) is 0. The molecule has 0 saturated carbocycles. The van der Waals surface area contributed by atoms with Crippen molar-refractivity contribution in [3.63, 3.8) is 0 Å². The molecule has 2 N–H and O–H groups in total. The fourth-order valence-corrected chi connectivity index (χ4v) is 2.22. The molecule has 0 saturated heterocycles. The Kier molecular flexibility index (Phi) is 4.93. The monoisotopic (exact) mass is 277 g/mol. The van der Waals surface area contributed by atoms with Crippen LogP contribution >= 0.6 is 0 Å². The summed E-state index contributed by atoms with van der Waals surface area (Å²) in [6.45, 7) is 4.70. The number of benzene rings is 1. The molecule has 20 heavy (non-hydrogen) atoms. The number of halogens is 1. The molecule has 1 atom stereocenters. The molecule has 0 aliphatic rings. The number of furan rings is 1. The third-order valence-electron chi connectivity index (χ3n) is 3.27. The second kappa shape index (κ2) is 6.68. The molecule has 0 aliphatic heterocycles. The van der Waals surface area contributed by atoms with Gasteiger partial charge < -0.3 is 14.8 Å². The van der Waals surface area contributed by atoms with E-state index < -0.39 is 0 Å². The largest absolute Gasteiger partial charge is 0.462 e. The first kappa shape index (κ1) is 14.8. The van der Waals surface area contributed by atoms with Gasteiger partial charge >= 0.3 is 0 Å². The number of nitrogens with one attached hydrogen (secondary N) is 1. The quantitative estimate of drug-likeness (QED) is 0.850. The highest BCUT2D eigenvalue weighted by atomic mass is 19.1. The van der Waals surface area contributed by atoms with Crippen molar-refractivity contribution in [1.29, 1.82) is 0 Å². The summed E-state index contributed by atoms with van der Waals surface area (Å²) in [5, 5.41) is 12.4. The second-order valence-electron chi connectivity index (χ2n) is 5.18. The minimum atomic E-state index is -0.227. The standard InChI is InChI=1S/C16H20FNO2/c1-11(2)16(12-3-5-13(17)6-4-12)18-9-14-7-8-15(10-19)20-14/h3-8,11,16,18-19H,9-10H2,1-2H3. The van der Waals surface area contributed by atoms with Gasteiger partial charge in [0.2, 0.25) is 0 Å². The van der Waals surface area contributed by atoms with Crippen molar-refractivity contribution >= 4 is 0 Å². The average Bonchev–Trinajstić information content (AvgIpc) is 2.88. The van der Waals surface area contributed by atoms with Crippen LogP contribution in [0.4, 0.5) is 4.39 Å². The van der Waals surface area contributed by atoms with Gasteiger partial charge in [0.1, 0.15) is 23.9 Å². The maximum Gasteiger partial charge on any atom is 0.129 e. The van der Waals surface area contributed by atoms with Gasteiger partial charge in [-0.1, -0.05) is 26.0 Å². The van der Waals surface area contributed by atoms with Crippen molar-refractivity contribution in [2.75, 3.05) is 0 Å². The topological polar surface area (TPSA) is 45.4 Å². The molecule has 0 bridgehead atoms. The summed E-state index contributed by atoms with van der Waals surface area (Å²) in [6, 6.07) is 10.3. The van der Waals surface area contributed by atoms with Crippen LogP contribution in [0.5, 0.6) is 0 Å². The maximum absolute atomic E-state index is 13.0. The van der Waals surface area contributed by atoms with E-state index in [1.807, 2.05) is 6.07 Å². The van der Waals surface area contributed by atoms with Gasteiger partial charge in [0.25, 0.3) is 0 Å². The van der Waals surface area contributed by atoms with Crippen molar-refractivity contribution in [1.82, 2.24) is 5.32 Å². The molecule has 108 valence electrons. The lowest BCUT2D eigenvalue weighted by molar-refractivity contribution is 0.241. The van der Waals surface area contributed by atoms with Crippen LogP contribution in [0.15, 0.2) is 40.8 Å². The zero-order valence-electron chi connectivity index (χ0n) is 11.8. The van der Waals surface area contributed by atoms with Crippen LogP contribution in [0.1, 0.15) is 37.0 Å². The Labute approximate surface area is 118 Å². The fraction of sp³-hybridized carbons (Fsp3) is 0.375. The molecular weight excluding hydrogens is 257 g/mol. The van der Waals surface area contributed by atoms with Crippen LogP contribution in [-0.2, 0) is 13.2 Å². The number of rotatable bonds is 6. The molecule has 1 heterocycles. The van der Waals surface area contributed by atoms with Gasteiger partial charge in [-0.15, -0.1) is 0 Å². The van der Waals surface area contributed by atoms with Crippen LogP contribution in [0.25, 0.3) is 0 Å². The first-order chi connectivity index (χ1) is 9.60. The first-order valence-corrected chi connectivity index (χ1v) is 6.77. The van der Waals surface area contributed by atoms with E-state index in [4.69, 9.17) is 9.52 Å². The van der Waals surface area contributed by atoms with Crippen LogP contribution < -0.4 is 5.32 Å². The van der Waals surface area contributed by atoms with Crippen molar-refractivity contribution in [3.8, 4) is 0 Å². The second-order valence-corrected chi connectivity index (χ2v) is 5.18. The fourth-order valence-electron chi connectivity index (χ4n) is 2.22. The summed E-state index contributed by atoms with van der Waals surface area (Å²) >= 11 is 0. The predicted molar refractivity (Wildman–Crippen MR) is 75.4 cm³/mol. The van der Waals surface area contributed by atoms with Gasteiger partial charge in [0.15, 0.2) is 0 Å². The van der Waals surface area contributed by atoms with Crippen molar-refractivity contribution in [3.05, 3.63) is 59.3 Å². The highest BCUT2D eigenvalue weighted by Crippen LogP contribution is 2.22. The van der Waals surface area contributed by atoms with Crippen molar-refractivity contribution in [2.45, 2.75) is 33.0 Å². The van der Waals surface area contributed by atoms with Gasteiger partial charge in [0.05, 0.1) is 6.54 Å². The molecule has 0 amide bonds. The van der Waals surface area contributed by atoms with E-state index in [-0.39, 0.29) is 18.5 Å². The summed E-state index contributed by atoms with van der Waals surface area (Å²) < 4.78 is 18.4. The minimum Gasteiger partial charge on any atom is -0.462 e. The number of aliphatic hydroxyl groups excluding tert-OH is 1. The number of hydrogen-bond acceptors (Lipinski definition) is 3. The molecule has 3 nitrogen and oxygen atoms in total. The molecular formula is C16H20FNO2. The van der Waals surface area contributed by atoms with Gasteiger partial charge in [-0.2, -0.15) is 0 Å². The Morgan fingerprint density at radius 1 is 1.10 bits per heavy atom. The SMILES string of the molecule is CC(C)C(NCc1ccc(CO)o1)c1ccc(F)cc1. The van der Waals surface area contributed by atoms with Crippen molar-refractivity contribution < 1.29 is 13.9 Å². The zero-order chi connectivity index (χ0) is 14.5. The van der Waals surface area contributed by atoms with Crippen molar-refractivity contribution in [2.24, 2.45) is 5.92 Å². The summed E-state index contributed by atoms with van der Waals surface area (Å²) in [7, 11) is 0. The molecule has 1 unspecified atom stereocenters. The van der Waals surface area contributed by atoms with E-state index in [0.29, 0.717) is 18.2 Å². The molecule has 0 radical (unpaired) electrons. The Morgan fingerprint density at radius 2 is 1.75 bits per heavy atom. The first-order valence-electron chi connectivity index (χ1n) is 6.77. The third kappa shape index (κ3) is 3.68. The summed E-state index contributed by atoms with van der Waals surface area (Å²) in [6.07, 6.45) is 0. The van der Waals surface area contributed by atoms with Crippen LogP contribution in [0.2, 0.25) is 0 Å². The Morgan fingerprint density at radius 3 is 2.30 bits per heavy atom. The maximum atomic E-state index is 13.0. The van der Waals surface area contributed by atoms with E-state index in [9.17, 15) is 4.39 Å². The highest BCUT2D eigenvalue weighted by Gasteiger charge is 2.16. The Hall–Kier alpha value is -1.65. The number of aliphatic hydroxyl groups is 1. The smallest absolute Gasteiger partial charge is 0.129 e. The lowest BCUT2D eigenvalue weighted by Gasteiger charge is -2.22. The lowest BCUT2D eigenvalue weighted by atomic mass is 9.96. The molecule has 1 aromatic carbocycles. The normalized spacial score (nSPS) is 12.8. The summed E-state index contributed by atoms with van der Waals surface area (Å²) in [5.41, 5.74) is 1.05. The highest BCUT2D eigenvalue weighted by molar-refractivity contribution is 5.20. The molecule has 1 aromatic heterocycles. The van der Waals surface area contributed by atoms with E-state index in [2.05, 4.69) is 19.2 Å². The average molecular weight is 277 g/mol. The van der Waals surface area contributed by atoms with Crippen LogP contribution in [-0.4, -0.2) is 5.11 Å². The van der Waals surface area contributed by atoms with E-state index in [0.717, 1.165) is 11.3 Å². The van der Waals surface area contributed by atoms with Gasteiger partial charge in [-0.25, -0.2) is 4.39 Å². The zero-order valence-corrected chi connectivity index (χ0v) is 11.8. The van der Waals surface area contributed by atoms with Gasteiger partial charge in [-0.3, -0.25) is 0 Å². The van der Waals surface area contributed by atoms with Crippen LogP contribution in [0.3, 0.4) is 0 Å². The van der Waals surface area contributed by atoms with Crippen LogP contribution in [0, 0.1) is 11.7 Å². The Balaban J connectivity index is 2.04. The van der Waals surface area contributed by atoms with E-state index in [1.54, 1.807) is 18.2 Å². The summed E-state index contributed by atoms with van der Waals surface area (Å²) in [5.74, 6) is 1.48. The molecule has 0 fully saturated rings. The molecule has 2 rings (SSSR count). The van der Waals surface area contributed by atoms with Gasteiger partial charge in [-0.05, 0) is 35.7 Å². The Bertz CT molecular complexity index is 534. The molecule has 0 spiro atoms. The third-order valence-corrected chi connectivity index (χ3v) is 3.27. The van der Waals surface area contributed by atoms with Gasteiger partial charge in [0, 0.05) is 6.04 Å². The molecule has 0 aliphatic carbocycles.